The number of nitro groups is 1. The van der Waals surface area contributed by atoms with Crippen LogP contribution in [0.15, 0.2) is 30.3 Å². The van der Waals surface area contributed by atoms with Crippen LogP contribution >= 0.6 is 0 Å². The molecule has 4 N–H and O–H groups in total. The Labute approximate surface area is 118 Å². The molecule has 1 aromatic carbocycles. The van der Waals surface area contributed by atoms with Crippen LogP contribution in [0, 0.1) is 10.1 Å². The number of hydrogen-bond donors (Lipinski definition) is 3. The minimum atomic E-state index is -0.520. The summed E-state index contributed by atoms with van der Waals surface area (Å²) in [5, 5.41) is 13.8. The summed E-state index contributed by atoms with van der Waals surface area (Å²) in [6.45, 7) is 0.176. The third-order valence-corrected chi connectivity index (χ3v) is 2.81. The number of rotatable bonds is 4. The fourth-order valence-corrected chi connectivity index (χ4v) is 1.88. The summed E-state index contributed by atoms with van der Waals surface area (Å²) < 4.78 is 10.5. The van der Waals surface area contributed by atoms with Gasteiger partial charge in [0.05, 0.1) is 17.1 Å². The first kappa shape index (κ1) is 12.9. The van der Waals surface area contributed by atoms with Crippen LogP contribution in [0.2, 0.25) is 0 Å². The maximum absolute atomic E-state index is 10.9. The van der Waals surface area contributed by atoms with Crippen molar-refractivity contribution in [3.05, 3.63) is 40.4 Å². The lowest BCUT2D eigenvalue weighted by Gasteiger charge is -2.08. The lowest BCUT2D eigenvalue weighted by molar-refractivity contribution is -0.384. The summed E-state index contributed by atoms with van der Waals surface area (Å²) in [4.78, 5) is 14.5. The number of benzene rings is 1. The standard InChI is InChI=1S/C12H11N5O4/c13-16-12-5-8(17(18)19)4-11(15-12)14-7-1-2-9-10(3-7)21-6-20-9/h1-5H,6,13H2,(H2,14,15,16). The smallest absolute Gasteiger partial charge is 0.276 e. The minimum absolute atomic E-state index is 0.124. The van der Waals surface area contributed by atoms with Crippen LogP contribution in [0.3, 0.4) is 0 Å². The summed E-state index contributed by atoms with van der Waals surface area (Å²) in [6.07, 6.45) is 0. The number of fused-ring (bicyclic) bond motifs is 1. The molecule has 0 fully saturated rings. The van der Waals surface area contributed by atoms with E-state index < -0.39 is 4.92 Å². The van der Waals surface area contributed by atoms with Gasteiger partial charge in [-0.2, -0.15) is 0 Å². The molecule has 1 aliphatic heterocycles. The van der Waals surface area contributed by atoms with Gasteiger partial charge in [-0.3, -0.25) is 10.1 Å². The van der Waals surface area contributed by atoms with Crippen molar-refractivity contribution in [1.29, 1.82) is 0 Å². The number of pyridine rings is 1. The van der Waals surface area contributed by atoms with E-state index in [0.29, 0.717) is 17.2 Å². The predicted octanol–water partition coefficient (Wildman–Crippen LogP) is 1.75. The Morgan fingerprint density at radius 3 is 2.71 bits per heavy atom. The van der Waals surface area contributed by atoms with E-state index in [4.69, 9.17) is 15.3 Å². The number of nitrogens with two attached hydrogens (primary N) is 1. The second kappa shape index (κ2) is 5.13. The van der Waals surface area contributed by atoms with Crippen molar-refractivity contribution in [3.63, 3.8) is 0 Å². The molecular weight excluding hydrogens is 278 g/mol. The van der Waals surface area contributed by atoms with Crippen molar-refractivity contribution in [1.82, 2.24) is 4.98 Å². The van der Waals surface area contributed by atoms with Crippen molar-refractivity contribution in [2.24, 2.45) is 5.84 Å². The molecule has 108 valence electrons. The summed E-state index contributed by atoms with van der Waals surface area (Å²) in [7, 11) is 0. The zero-order chi connectivity index (χ0) is 14.8. The molecule has 0 atom stereocenters. The maximum atomic E-state index is 10.9. The number of ether oxygens (including phenoxy) is 2. The van der Waals surface area contributed by atoms with Gasteiger partial charge in [0.2, 0.25) is 6.79 Å². The molecule has 9 heteroatoms. The fourth-order valence-electron chi connectivity index (χ4n) is 1.88. The highest BCUT2D eigenvalue weighted by atomic mass is 16.7. The third-order valence-electron chi connectivity index (χ3n) is 2.81. The van der Waals surface area contributed by atoms with E-state index in [1.54, 1.807) is 18.2 Å². The lowest BCUT2D eigenvalue weighted by Crippen LogP contribution is -2.10. The molecule has 3 rings (SSSR count). The number of aromatic nitrogens is 1. The Morgan fingerprint density at radius 1 is 1.19 bits per heavy atom. The average molecular weight is 289 g/mol. The minimum Gasteiger partial charge on any atom is -0.454 e. The largest absolute Gasteiger partial charge is 0.454 e. The lowest BCUT2D eigenvalue weighted by atomic mass is 10.2. The number of nitrogens with one attached hydrogen (secondary N) is 2. The SMILES string of the molecule is NNc1cc([N+](=O)[O-])cc(Nc2ccc3c(c2)OCO3)n1. The molecule has 1 aliphatic rings. The highest BCUT2D eigenvalue weighted by Crippen LogP contribution is 2.35. The van der Waals surface area contributed by atoms with Crippen LogP contribution < -0.4 is 26.1 Å². The molecule has 0 radical (unpaired) electrons. The van der Waals surface area contributed by atoms with Gasteiger partial charge in [0.25, 0.3) is 5.69 Å². The quantitative estimate of drug-likeness (QED) is 0.441. The van der Waals surface area contributed by atoms with Gasteiger partial charge in [-0.1, -0.05) is 0 Å². The second-order valence-corrected chi connectivity index (χ2v) is 4.19. The Morgan fingerprint density at radius 2 is 1.95 bits per heavy atom. The van der Waals surface area contributed by atoms with Gasteiger partial charge in [0.15, 0.2) is 11.5 Å². The summed E-state index contributed by atoms with van der Waals surface area (Å²) in [5.74, 6) is 6.98. The Bertz CT molecular complexity index is 706. The van der Waals surface area contributed by atoms with Crippen LogP contribution in [0.1, 0.15) is 0 Å². The van der Waals surface area contributed by atoms with E-state index in [-0.39, 0.29) is 24.1 Å². The van der Waals surface area contributed by atoms with Gasteiger partial charge in [0.1, 0.15) is 11.6 Å². The molecule has 0 aliphatic carbocycles. The summed E-state index contributed by atoms with van der Waals surface area (Å²) in [5.41, 5.74) is 2.83. The van der Waals surface area contributed by atoms with E-state index in [1.165, 1.54) is 12.1 Å². The zero-order valence-electron chi connectivity index (χ0n) is 10.7. The molecule has 2 aromatic rings. The molecule has 1 aromatic heterocycles. The Hall–Kier alpha value is -3.07. The monoisotopic (exact) mass is 289 g/mol. The maximum Gasteiger partial charge on any atom is 0.276 e. The van der Waals surface area contributed by atoms with E-state index in [9.17, 15) is 10.1 Å². The number of hydrazine groups is 1. The van der Waals surface area contributed by atoms with Gasteiger partial charge < -0.3 is 20.2 Å². The van der Waals surface area contributed by atoms with E-state index in [2.05, 4.69) is 15.7 Å². The van der Waals surface area contributed by atoms with Crippen molar-refractivity contribution in [3.8, 4) is 11.5 Å². The fraction of sp³-hybridized carbons (Fsp3) is 0.0833. The molecule has 21 heavy (non-hydrogen) atoms. The van der Waals surface area contributed by atoms with Crippen LogP contribution in [-0.4, -0.2) is 16.7 Å². The summed E-state index contributed by atoms with van der Waals surface area (Å²) >= 11 is 0. The van der Waals surface area contributed by atoms with E-state index in [1.807, 2.05) is 0 Å². The van der Waals surface area contributed by atoms with Crippen LogP contribution in [0.4, 0.5) is 23.0 Å². The second-order valence-electron chi connectivity index (χ2n) is 4.19. The van der Waals surface area contributed by atoms with Gasteiger partial charge in [-0.25, -0.2) is 10.8 Å². The Kier molecular flexibility index (Phi) is 3.16. The van der Waals surface area contributed by atoms with Crippen molar-refractivity contribution in [2.75, 3.05) is 17.5 Å². The molecule has 0 saturated carbocycles. The molecule has 0 spiro atoms. The number of hydrogen-bond acceptors (Lipinski definition) is 8. The number of anilines is 3. The van der Waals surface area contributed by atoms with Gasteiger partial charge in [-0.05, 0) is 12.1 Å². The first-order valence-electron chi connectivity index (χ1n) is 5.95. The van der Waals surface area contributed by atoms with Crippen molar-refractivity contribution < 1.29 is 14.4 Å². The third kappa shape index (κ3) is 2.62. The zero-order valence-corrected chi connectivity index (χ0v) is 10.7. The number of nitrogen functional groups attached to an aromatic ring is 1. The highest BCUT2D eigenvalue weighted by Gasteiger charge is 2.15. The van der Waals surface area contributed by atoms with Gasteiger partial charge in [-0.15, -0.1) is 0 Å². The Balaban J connectivity index is 1.90. The first-order chi connectivity index (χ1) is 10.2. The summed E-state index contributed by atoms with van der Waals surface area (Å²) in [6, 6.07) is 7.77. The molecule has 0 amide bonds. The predicted molar refractivity (Wildman–Crippen MR) is 74.5 cm³/mol. The van der Waals surface area contributed by atoms with E-state index >= 15 is 0 Å². The van der Waals surface area contributed by atoms with Gasteiger partial charge in [0, 0.05) is 11.8 Å². The topological polar surface area (TPSA) is 125 Å². The molecule has 0 unspecified atom stereocenters. The number of nitrogens with zero attached hydrogens (tertiary/aromatic N) is 2. The van der Waals surface area contributed by atoms with Crippen LogP contribution in [0.5, 0.6) is 11.5 Å². The first-order valence-corrected chi connectivity index (χ1v) is 5.95. The van der Waals surface area contributed by atoms with Crippen LogP contribution in [-0.2, 0) is 0 Å². The van der Waals surface area contributed by atoms with E-state index in [0.717, 1.165) is 0 Å². The molecule has 0 bridgehead atoms. The van der Waals surface area contributed by atoms with Crippen LogP contribution in [0.25, 0.3) is 0 Å². The van der Waals surface area contributed by atoms with Crippen molar-refractivity contribution >= 4 is 23.0 Å². The average Bonchev–Trinajstić information content (AvgIpc) is 2.94. The highest BCUT2D eigenvalue weighted by molar-refractivity contribution is 5.65. The van der Waals surface area contributed by atoms with Crippen molar-refractivity contribution in [2.45, 2.75) is 0 Å². The molecular formula is C12H11N5O4. The van der Waals surface area contributed by atoms with Gasteiger partial charge >= 0.3 is 0 Å². The molecule has 2 heterocycles. The molecule has 9 nitrogen and oxygen atoms in total. The normalized spacial score (nSPS) is 12.0. The molecule has 0 saturated heterocycles.